The molecule has 0 amide bonds. The zero-order valence-electron chi connectivity index (χ0n) is 32.1. The van der Waals surface area contributed by atoms with Crippen LogP contribution < -0.4 is 0 Å². The largest absolute Gasteiger partial charge is 0.395 e. The molecule has 2 aliphatic rings. The van der Waals surface area contributed by atoms with Crippen molar-refractivity contribution in [1.82, 2.24) is 0 Å². The van der Waals surface area contributed by atoms with Crippen LogP contribution >= 0.6 is 232 Å². The lowest BCUT2D eigenvalue weighted by molar-refractivity contribution is -0.108. The number of rotatable bonds is 14. The molecule has 4 N–H and O–H groups in total. The highest BCUT2D eigenvalue weighted by Gasteiger charge is 2.20. The van der Waals surface area contributed by atoms with Crippen molar-refractivity contribution in [2.75, 3.05) is 86.7 Å². The molecule has 0 spiro atoms. The number of carbonyl (C=O) groups excluding carboxylic acids is 2. The van der Waals surface area contributed by atoms with E-state index in [0.717, 1.165) is 13.2 Å². The molecule has 8 atom stereocenters. The van der Waals surface area contributed by atoms with Gasteiger partial charge in [0.25, 0.3) is 0 Å². The van der Waals surface area contributed by atoms with Crippen LogP contribution in [0.1, 0.15) is 15.3 Å². The predicted octanol–water partition coefficient (Wildman–Crippen LogP) is 13.7. The van der Waals surface area contributed by atoms with Gasteiger partial charge in [0.15, 0.2) is 0 Å². The van der Waals surface area contributed by atoms with E-state index in [0.29, 0.717) is 60.1 Å². The third-order valence-electron chi connectivity index (χ3n) is 3.34. The average molecular weight is 1280 g/mol. The topological polar surface area (TPSA) is 140 Å². The zero-order chi connectivity index (χ0) is 49.6. The zero-order valence-corrected chi connectivity index (χ0v) is 47.2. The van der Waals surface area contributed by atoms with Gasteiger partial charge >= 0.3 is 0 Å². The molecule has 28 heteroatoms. The first-order valence-corrected chi connectivity index (χ1v) is 25.4. The molecule has 0 bridgehead atoms. The molecule has 8 nitrogen and oxygen atoms in total. The number of epoxide rings is 2. The molecule has 2 saturated heterocycles. The van der Waals surface area contributed by atoms with Crippen LogP contribution in [0.15, 0.2) is 33.2 Å². The third-order valence-corrected chi connectivity index (χ3v) is 9.96. The summed E-state index contributed by atoms with van der Waals surface area (Å²) in [5.41, 5.74) is 7.43. The van der Waals surface area contributed by atoms with Crippen molar-refractivity contribution in [2.24, 2.45) is 0 Å². The molecule has 0 radical (unpaired) electrons. The van der Waals surface area contributed by atoms with Crippen molar-refractivity contribution in [2.45, 2.75) is 58.3 Å². The second-order valence-corrected chi connectivity index (χ2v) is 15.9. The summed E-state index contributed by atoms with van der Waals surface area (Å²) in [6, 6.07) is 0. The van der Waals surface area contributed by atoms with E-state index in [1.165, 1.54) is 33.2 Å². The highest BCUT2D eigenvalue weighted by molar-refractivity contribution is 6.35. The number of aliphatic hydroxyl groups excluding tert-OH is 4. The van der Waals surface area contributed by atoms with Gasteiger partial charge in [0.1, 0.15) is 23.3 Å². The van der Waals surface area contributed by atoms with Gasteiger partial charge in [-0.3, -0.25) is 0 Å². The van der Waals surface area contributed by atoms with Gasteiger partial charge in [-0.2, -0.15) is 0 Å². The summed E-state index contributed by atoms with van der Waals surface area (Å²) in [7, 11) is 0. The van der Waals surface area contributed by atoms with Crippen LogP contribution in [0.25, 0.3) is 0 Å². The van der Waals surface area contributed by atoms with Crippen LogP contribution in [0.5, 0.6) is 0 Å². The Morgan fingerprint density at radius 1 is 0.450 bits per heavy atom. The Labute approximate surface area is 458 Å². The number of alkyl halides is 14. The molecule has 2 rings (SSSR count). The molecule has 60 heavy (non-hydrogen) atoms. The van der Waals surface area contributed by atoms with Crippen LogP contribution in [0, 0.1) is 0 Å². The van der Waals surface area contributed by atoms with Gasteiger partial charge < -0.3 is 39.5 Å². The summed E-state index contributed by atoms with van der Waals surface area (Å²) < 4.78 is 9.45. The van der Waals surface area contributed by atoms with Crippen molar-refractivity contribution in [3.63, 3.8) is 0 Å². The molecule has 2 heterocycles. The maximum atomic E-state index is 9.52. The van der Waals surface area contributed by atoms with E-state index < -0.39 is 10.8 Å². The van der Waals surface area contributed by atoms with E-state index in [4.69, 9.17) is 262 Å². The lowest BCUT2D eigenvalue weighted by Crippen LogP contribution is -2.04. The van der Waals surface area contributed by atoms with Gasteiger partial charge in [-0.05, 0) is 0 Å². The van der Waals surface area contributed by atoms with Gasteiger partial charge in [0.2, 0.25) is 0 Å². The molecule has 0 aromatic rings. The fourth-order valence-corrected chi connectivity index (χ4v) is 1.47. The minimum atomic E-state index is -0.508. The molecule has 8 unspecified atom stereocenters. The van der Waals surface area contributed by atoms with Crippen LogP contribution in [0.2, 0.25) is 0 Å². The van der Waals surface area contributed by atoms with Gasteiger partial charge in [-0.1, -0.05) is 83.5 Å². The van der Waals surface area contributed by atoms with Gasteiger partial charge in [0.05, 0.1) is 85.1 Å². The number of ether oxygens (including phenoxy) is 2. The maximum Gasteiger partial charge on any atom is 0.139 e. The lowest BCUT2D eigenvalue weighted by atomic mass is 10.5. The van der Waals surface area contributed by atoms with Crippen LogP contribution in [0.3, 0.4) is 0 Å². The van der Waals surface area contributed by atoms with Gasteiger partial charge in [-0.25, -0.2) is 0 Å². The Hall–Kier alpha value is 4.12. The van der Waals surface area contributed by atoms with Gasteiger partial charge in [-0.15, -0.1) is 162 Å². The summed E-state index contributed by atoms with van der Waals surface area (Å²) in [5, 5.41) is 30.4. The molecule has 0 aromatic heterocycles. The van der Waals surface area contributed by atoms with E-state index in [2.05, 4.69) is 0 Å². The van der Waals surface area contributed by atoms with E-state index in [1.807, 2.05) is 13.8 Å². The molecule has 0 saturated carbocycles. The number of aldehydes is 2. The molecular weight excluding hydrogens is 1220 g/mol. The summed E-state index contributed by atoms with van der Waals surface area (Å²) in [4.78, 5) is 19.0. The molecular formula is C32H56Cl20O8. The smallest absolute Gasteiger partial charge is 0.139 e. The van der Waals surface area contributed by atoms with E-state index in [1.54, 1.807) is 0 Å². The fourth-order valence-electron chi connectivity index (χ4n) is 0.582. The van der Waals surface area contributed by atoms with E-state index in [9.17, 15) is 9.59 Å². The normalized spacial score (nSPS) is 16.2. The lowest BCUT2D eigenvalue weighted by Gasteiger charge is -1.93. The van der Waals surface area contributed by atoms with Crippen molar-refractivity contribution in [3.05, 3.63) is 33.2 Å². The number of halogens is 20. The van der Waals surface area contributed by atoms with Crippen molar-refractivity contribution in [3.8, 4) is 0 Å². The first kappa shape index (κ1) is 87.2. The van der Waals surface area contributed by atoms with Crippen LogP contribution in [-0.4, -0.2) is 164 Å². The average Bonchev–Trinajstić information content (AvgIpc) is 4.28. The predicted molar refractivity (Wildman–Crippen MR) is 280 cm³/mol. The second kappa shape index (κ2) is 89.7. The van der Waals surface area contributed by atoms with Crippen LogP contribution in [-0.2, 0) is 19.1 Å². The van der Waals surface area contributed by atoms with Gasteiger partial charge in [0, 0.05) is 69.9 Å². The number of aliphatic hydroxyl groups is 4. The Morgan fingerprint density at radius 2 is 0.617 bits per heavy atom. The Kier molecular flexibility index (Phi) is 130. The Morgan fingerprint density at radius 3 is 0.617 bits per heavy atom. The number of carbonyl (C=O) groups is 2. The molecule has 372 valence electrons. The first-order valence-electron chi connectivity index (χ1n) is 15.9. The summed E-state index contributed by atoms with van der Waals surface area (Å²) >= 11 is 102. The molecule has 0 aromatic carbocycles. The quantitative estimate of drug-likeness (QED) is 0.0766. The number of hydrogen-bond acceptors (Lipinski definition) is 8. The third kappa shape index (κ3) is 137. The van der Waals surface area contributed by atoms with Crippen molar-refractivity contribution < 1.29 is 40.9 Å². The van der Waals surface area contributed by atoms with E-state index >= 15 is 0 Å². The summed E-state index contributed by atoms with van der Waals surface area (Å²) in [5.74, 6) is 3.00. The minimum Gasteiger partial charge on any atom is -0.395 e. The SMILES string of the molecule is CC.ClC=CCl.ClC=CCl.ClC=CCl.ClCC1CO1.ClCC1CO1.O=CC(Cl)CCl.O=CC(Cl)CCl.OCC(Cl)CCl.OCC(Cl)CCl.OCC(Cl)CCl.OCC(Cl)CCl.[HH]. The Bertz CT molecular complexity index is 673. The maximum absolute atomic E-state index is 9.52. The highest BCUT2D eigenvalue weighted by atomic mass is 35.5. The summed E-state index contributed by atoms with van der Waals surface area (Å²) in [6.45, 7) is 5.61. The van der Waals surface area contributed by atoms with Crippen LogP contribution in [0.4, 0.5) is 0 Å². The standard InChI is InChI=1S/4C3H6Cl2O.2C3H4Cl2O.2C3H5ClO.3C2H2Cl2.C2H6.H2/c6*4-1-3(5)2-6;2*4-1-3-2-5-3;3*3-1-2-4;1-2;/h4*3,6H,1-2H2;2*2-3H,1H2;2*3H,1-2H2;3*1-2H;1-2H3;1H. The van der Waals surface area contributed by atoms with Crippen molar-refractivity contribution in [1.29, 1.82) is 0 Å². The number of hydrogen-bond donors (Lipinski definition) is 4. The van der Waals surface area contributed by atoms with Crippen molar-refractivity contribution >= 4 is 245 Å². The second-order valence-electron chi connectivity index (χ2n) is 8.32. The highest BCUT2D eigenvalue weighted by Crippen LogP contribution is 2.09. The minimum absolute atomic E-state index is 0. The fraction of sp³-hybridized carbons (Fsp3) is 0.750. The molecule has 2 aliphatic heterocycles. The monoisotopic (exact) mass is 1270 g/mol. The first-order chi connectivity index (χ1) is 28.5. The summed E-state index contributed by atoms with van der Waals surface area (Å²) in [6.07, 6.45) is 2.01. The Balaban J connectivity index is -0.0000000499. The molecule has 2 fully saturated rings. The van der Waals surface area contributed by atoms with E-state index in [-0.39, 0.29) is 61.1 Å². The molecule has 0 aliphatic carbocycles.